The van der Waals surface area contributed by atoms with E-state index in [2.05, 4.69) is 191 Å². The van der Waals surface area contributed by atoms with Crippen molar-refractivity contribution in [2.45, 2.75) is 0 Å². The van der Waals surface area contributed by atoms with Gasteiger partial charge in [-0.15, -0.1) is 11.3 Å². The number of fused-ring (bicyclic) bond motifs is 16. The van der Waals surface area contributed by atoms with Gasteiger partial charge in [0.15, 0.2) is 11.6 Å². The van der Waals surface area contributed by atoms with Gasteiger partial charge in [0, 0.05) is 58.5 Å². The molecule has 0 aliphatic rings. The molecule has 14 rings (SSSR count). The predicted octanol–water partition coefficient (Wildman–Crippen LogP) is 15.2. The molecule has 4 aromatic heterocycles. The van der Waals surface area contributed by atoms with E-state index in [9.17, 15) is 0 Å². The van der Waals surface area contributed by atoms with Gasteiger partial charge in [-0.05, 0) is 93.0 Å². The van der Waals surface area contributed by atoms with Crippen LogP contribution in [0.25, 0.3) is 131 Å². The fraction of sp³-hybridized carbons (Fsp3) is 0. The molecule has 4 heterocycles. The molecule has 0 radical (unpaired) electrons. The second kappa shape index (κ2) is 13.2. The quantitative estimate of drug-likeness (QED) is 0.166. The van der Waals surface area contributed by atoms with Crippen molar-refractivity contribution in [3.05, 3.63) is 200 Å². The SMILES string of the molecule is c1ccc(-c2nc(-c3ccc4sc5ccccc5c4c3)nc(-n3c4ccccc4c4c5c6ccccc6n(-c6ccc7c8ccccc8c8ccccc8c7c6)c5ccc43)n2)cc1. The lowest BCUT2D eigenvalue weighted by Crippen LogP contribution is -2.06. The molecule has 14 aromatic rings. The van der Waals surface area contributed by atoms with Gasteiger partial charge in [0.25, 0.3) is 0 Å². The molecule has 0 aliphatic carbocycles. The van der Waals surface area contributed by atoms with Crippen LogP contribution in [0.15, 0.2) is 200 Å². The molecule has 292 valence electrons. The topological polar surface area (TPSA) is 48.5 Å². The number of nitrogens with zero attached hydrogens (tertiary/aromatic N) is 5. The van der Waals surface area contributed by atoms with Crippen molar-refractivity contribution in [3.63, 3.8) is 0 Å². The van der Waals surface area contributed by atoms with E-state index in [4.69, 9.17) is 15.0 Å². The summed E-state index contributed by atoms with van der Waals surface area (Å²) in [5, 5.41) is 14.8. The highest BCUT2D eigenvalue weighted by Gasteiger charge is 2.23. The first-order valence-electron chi connectivity index (χ1n) is 21.3. The van der Waals surface area contributed by atoms with E-state index in [0.29, 0.717) is 17.6 Å². The van der Waals surface area contributed by atoms with E-state index >= 15 is 0 Å². The molecule has 5 nitrogen and oxygen atoms in total. The van der Waals surface area contributed by atoms with Crippen LogP contribution in [0, 0.1) is 0 Å². The van der Waals surface area contributed by atoms with Crippen molar-refractivity contribution in [1.29, 1.82) is 0 Å². The fourth-order valence-electron chi connectivity index (χ4n) is 10.2. The molecule has 63 heavy (non-hydrogen) atoms. The largest absolute Gasteiger partial charge is 0.309 e. The number of aromatic nitrogens is 5. The van der Waals surface area contributed by atoms with Crippen molar-refractivity contribution < 1.29 is 0 Å². The fourth-order valence-corrected chi connectivity index (χ4v) is 11.3. The lowest BCUT2D eigenvalue weighted by molar-refractivity contribution is 0.954. The van der Waals surface area contributed by atoms with Crippen LogP contribution in [0.3, 0.4) is 0 Å². The summed E-state index contributed by atoms with van der Waals surface area (Å²) < 4.78 is 7.19. The summed E-state index contributed by atoms with van der Waals surface area (Å²) in [6, 6.07) is 72.0. The van der Waals surface area contributed by atoms with E-state index in [0.717, 1.165) is 44.3 Å². The van der Waals surface area contributed by atoms with E-state index in [1.807, 2.05) is 29.5 Å². The number of hydrogen-bond acceptors (Lipinski definition) is 4. The Bertz CT molecular complexity index is 4180. The Hall–Kier alpha value is -8.19. The van der Waals surface area contributed by atoms with Gasteiger partial charge in [0.05, 0.1) is 22.1 Å². The molecular weight excluding hydrogens is 787 g/mol. The minimum atomic E-state index is 0.581. The zero-order valence-electron chi connectivity index (χ0n) is 33.7. The smallest absolute Gasteiger partial charge is 0.238 e. The second-order valence-corrected chi connectivity index (χ2v) is 17.4. The monoisotopic (exact) mass is 819 g/mol. The number of para-hydroxylation sites is 2. The Morgan fingerprint density at radius 1 is 0.302 bits per heavy atom. The summed E-state index contributed by atoms with van der Waals surface area (Å²) in [4.78, 5) is 15.8. The van der Waals surface area contributed by atoms with Crippen molar-refractivity contribution in [2.24, 2.45) is 0 Å². The van der Waals surface area contributed by atoms with E-state index < -0.39 is 0 Å². The molecule has 0 spiro atoms. The maximum absolute atomic E-state index is 5.35. The average Bonchev–Trinajstić information content (AvgIpc) is 4.01. The molecule has 0 amide bonds. The maximum Gasteiger partial charge on any atom is 0.238 e. The minimum absolute atomic E-state index is 0.581. The van der Waals surface area contributed by atoms with Crippen LogP contribution >= 0.6 is 11.3 Å². The molecular formula is C57H33N5S. The number of thiophene rings is 1. The summed E-state index contributed by atoms with van der Waals surface area (Å²) in [5.74, 6) is 1.85. The van der Waals surface area contributed by atoms with Gasteiger partial charge in [-0.3, -0.25) is 4.57 Å². The third-order valence-electron chi connectivity index (χ3n) is 12.9. The van der Waals surface area contributed by atoms with Crippen LogP contribution < -0.4 is 0 Å². The second-order valence-electron chi connectivity index (χ2n) is 16.3. The maximum atomic E-state index is 5.35. The first kappa shape index (κ1) is 34.5. The van der Waals surface area contributed by atoms with Crippen LogP contribution in [0.1, 0.15) is 0 Å². The zero-order valence-corrected chi connectivity index (χ0v) is 34.5. The molecule has 0 bridgehead atoms. The summed E-state index contributed by atoms with van der Waals surface area (Å²) in [6.45, 7) is 0. The van der Waals surface area contributed by atoms with E-state index in [-0.39, 0.29) is 0 Å². The Morgan fingerprint density at radius 3 is 1.49 bits per heavy atom. The highest BCUT2D eigenvalue weighted by Crippen LogP contribution is 2.44. The number of benzene rings is 10. The summed E-state index contributed by atoms with van der Waals surface area (Å²) in [6.07, 6.45) is 0. The van der Waals surface area contributed by atoms with E-state index in [1.165, 1.54) is 68.6 Å². The van der Waals surface area contributed by atoms with Gasteiger partial charge < -0.3 is 4.57 Å². The average molecular weight is 820 g/mol. The van der Waals surface area contributed by atoms with Gasteiger partial charge >= 0.3 is 0 Å². The third kappa shape index (κ3) is 5.01. The summed E-state index contributed by atoms with van der Waals surface area (Å²) >= 11 is 1.81. The van der Waals surface area contributed by atoms with Crippen LogP contribution in [-0.2, 0) is 0 Å². The Labute approximate surface area is 364 Å². The van der Waals surface area contributed by atoms with Crippen molar-refractivity contribution in [3.8, 4) is 34.4 Å². The van der Waals surface area contributed by atoms with Crippen LogP contribution in [-0.4, -0.2) is 24.1 Å². The van der Waals surface area contributed by atoms with Gasteiger partial charge in [-0.25, -0.2) is 4.98 Å². The molecule has 0 N–H and O–H groups in total. The highest BCUT2D eigenvalue weighted by molar-refractivity contribution is 7.25. The minimum Gasteiger partial charge on any atom is -0.309 e. The van der Waals surface area contributed by atoms with Gasteiger partial charge in [0.2, 0.25) is 5.95 Å². The summed E-state index contributed by atoms with van der Waals surface area (Å²) in [5.41, 5.74) is 7.40. The Balaban J connectivity index is 1.04. The summed E-state index contributed by atoms with van der Waals surface area (Å²) in [7, 11) is 0. The van der Waals surface area contributed by atoms with Gasteiger partial charge in [-0.1, -0.05) is 140 Å². The lowest BCUT2D eigenvalue weighted by atomic mass is 9.94. The Morgan fingerprint density at radius 2 is 0.810 bits per heavy atom. The molecule has 0 fully saturated rings. The molecule has 6 heteroatoms. The molecule has 10 aromatic carbocycles. The highest BCUT2D eigenvalue weighted by atomic mass is 32.1. The number of rotatable bonds is 4. The van der Waals surface area contributed by atoms with Crippen molar-refractivity contribution in [1.82, 2.24) is 24.1 Å². The standard InChI is InChI=1S/C57H33N5S/c1-2-14-34(15-3-1)55-58-56(35-26-31-52-46(32-35)42-20-10-13-25-51(42)63-52)60-57(59-55)62-48-24-12-9-22-44(48)54-50(62)30-29-49-53(54)43-21-8-11-23-47(43)61(49)36-27-28-41-39-18-5-4-16-37(39)38-17-6-7-19-40(38)45(41)33-36/h1-33H. The van der Waals surface area contributed by atoms with Crippen LogP contribution in [0.5, 0.6) is 0 Å². The van der Waals surface area contributed by atoms with Crippen molar-refractivity contribution >= 4 is 107 Å². The number of hydrogen-bond donors (Lipinski definition) is 0. The first-order valence-corrected chi connectivity index (χ1v) is 22.1. The lowest BCUT2D eigenvalue weighted by Gasteiger charge is -2.14. The van der Waals surface area contributed by atoms with Crippen LogP contribution in [0.4, 0.5) is 0 Å². The molecule has 0 aliphatic heterocycles. The van der Waals surface area contributed by atoms with Crippen molar-refractivity contribution in [2.75, 3.05) is 0 Å². The normalized spacial score (nSPS) is 12.1. The zero-order chi connectivity index (χ0) is 41.2. The molecule has 0 saturated carbocycles. The van der Waals surface area contributed by atoms with Gasteiger partial charge in [-0.2, -0.15) is 9.97 Å². The predicted molar refractivity (Wildman–Crippen MR) is 265 cm³/mol. The third-order valence-corrected chi connectivity index (χ3v) is 14.1. The Kier molecular flexibility index (Phi) is 7.21. The molecule has 0 atom stereocenters. The molecule has 0 saturated heterocycles. The first-order chi connectivity index (χ1) is 31.2. The van der Waals surface area contributed by atoms with Gasteiger partial charge in [0.1, 0.15) is 0 Å². The van der Waals surface area contributed by atoms with Crippen LogP contribution in [0.2, 0.25) is 0 Å². The molecule has 0 unspecified atom stereocenters. The van der Waals surface area contributed by atoms with E-state index in [1.54, 1.807) is 0 Å².